The summed E-state index contributed by atoms with van der Waals surface area (Å²) in [7, 11) is 0. The summed E-state index contributed by atoms with van der Waals surface area (Å²) in [4.78, 5) is 30.5. The number of aromatic carboxylic acids is 1. The number of carboxylic acid groups (broad SMARTS) is 1. The van der Waals surface area contributed by atoms with Crippen molar-refractivity contribution in [1.82, 2.24) is 25.0 Å². The van der Waals surface area contributed by atoms with E-state index in [0.717, 1.165) is 67.7 Å². The largest absolute Gasteiger partial charge is 0.477 e. The maximum Gasteiger partial charge on any atom is 0.407 e. The minimum atomic E-state index is -0.921. The van der Waals surface area contributed by atoms with E-state index in [-0.39, 0.29) is 12.1 Å². The molecule has 9 heteroatoms. The molecule has 178 valence electrons. The van der Waals surface area contributed by atoms with Crippen molar-refractivity contribution in [2.24, 2.45) is 0 Å². The first-order valence-corrected chi connectivity index (χ1v) is 11.7. The zero-order chi connectivity index (χ0) is 23.6. The second-order valence-electron chi connectivity index (χ2n) is 9.85. The summed E-state index contributed by atoms with van der Waals surface area (Å²) in [5.41, 5.74) is 3.54. The number of fused-ring (bicyclic) bond motifs is 3. The molecule has 1 aliphatic heterocycles. The van der Waals surface area contributed by atoms with Gasteiger partial charge >= 0.3 is 12.1 Å². The number of carbonyl (C=O) groups is 2. The van der Waals surface area contributed by atoms with Crippen LogP contribution >= 0.6 is 0 Å². The zero-order valence-electron chi connectivity index (χ0n) is 19.6. The molecule has 2 aromatic heterocycles. The minimum Gasteiger partial charge on any atom is -0.477 e. The molecule has 1 aliphatic carbocycles. The van der Waals surface area contributed by atoms with Crippen molar-refractivity contribution in [2.75, 3.05) is 19.6 Å². The fraction of sp³-hybridized carbons (Fsp3) is 0.583. The summed E-state index contributed by atoms with van der Waals surface area (Å²) in [5, 5.41) is 17.5. The molecule has 1 saturated heterocycles. The first kappa shape index (κ1) is 23.2. The molecule has 2 aliphatic rings. The number of ether oxygens (including phenoxy) is 1. The number of carboxylic acids is 1. The smallest absolute Gasteiger partial charge is 0.407 e. The third-order valence-corrected chi connectivity index (χ3v) is 6.21. The number of aryl methyl sites for hydroxylation is 2. The Hall–Kier alpha value is -2.94. The summed E-state index contributed by atoms with van der Waals surface area (Å²) in [6, 6.07) is 2.05. The number of likely N-dealkylation sites (tertiary alicyclic amines) is 1. The lowest BCUT2D eigenvalue weighted by atomic mass is 9.90. The minimum absolute atomic E-state index is 0.127. The molecule has 0 spiro atoms. The van der Waals surface area contributed by atoms with Gasteiger partial charge in [0, 0.05) is 49.2 Å². The first-order valence-electron chi connectivity index (χ1n) is 11.7. The molecule has 0 radical (unpaired) electrons. The van der Waals surface area contributed by atoms with E-state index in [1.54, 1.807) is 10.9 Å². The van der Waals surface area contributed by atoms with Crippen LogP contribution in [0.15, 0.2) is 18.5 Å². The Balaban J connectivity index is 1.31. The Morgan fingerprint density at radius 2 is 1.97 bits per heavy atom. The molecule has 2 N–H and O–H groups in total. The number of hydrogen-bond acceptors (Lipinski definition) is 6. The first-order chi connectivity index (χ1) is 15.7. The Bertz CT molecular complexity index is 1020. The van der Waals surface area contributed by atoms with Gasteiger partial charge in [-0.15, -0.1) is 0 Å². The highest BCUT2D eigenvalue weighted by Gasteiger charge is 2.28. The molecule has 0 bridgehead atoms. The number of carbonyl (C=O) groups excluding carboxylic acids is 1. The molecule has 33 heavy (non-hydrogen) atoms. The average molecular weight is 456 g/mol. The van der Waals surface area contributed by atoms with Crippen LogP contribution in [0.25, 0.3) is 11.3 Å². The van der Waals surface area contributed by atoms with E-state index in [4.69, 9.17) is 9.84 Å². The molecule has 1 fully saturated rings. The Morgan fingerprint density at radius 3 is 2.67 bits per heavy atom. The van der Waals surface area contributed by atoms with Gasteiger partial charge in [-0.25, -0.2) is 9.59 Å². The van der Waals surface area contributed by atoms with Crippen LogP contribution in [0.4, 0.5) is 4.79 Å². The van der Waals surface area contributed by atoms with Crippen molar-refractivity contribution in [3.05, 3.63) is 35.3 Å². The fourth-order valence-electron chi connectivity index (χ4n) is 4.69. The molecule has 3 heterocycles. The molecule has 4 rings (SSSR count). The van der Waals surface area contributed by atoms with E-state index in [9.17, 15) is 14.7 Å². The predicted molar refractivity (Wildman–Crippen MR) is 123 cm³/mol. The van der Waals surface area contributed by atoms with Crippen LogP contribution in [-0.4, -0.2) is 68.1 Å². The Morgan fingerprint density at radius 1 is 1.21 bits per heavy atom. The van der Waals surface area contributed by atoms with Gasteiger partial charge in [0.15, 0.2) is 0 Å². The molecular formula is C24H33N5O4. The summed E-state index contributed by atoms with van der Waals surface area (Å²) in [5.74, 6) is -0.921. The summed E-state index contributed by atoms with van der Waals surface area (Å²) < 4.78 is 7.01. The number of nitrogens with one attached hydrogen (secondary N) is 1. The number of alkyl carbamates (subject to hydrolysis) is 1. The standard InChI is InChI=1S/C24H33N5O4/c1-24(2,3)33-23(32)26-17-8-13-28(14-9-17)11-4-12-29-21(22(30)31)19-6-5-16-15-25-10-7-18(16)20(19)27-29/h7,10,15,17H,4-6,8-9,11-14H2,1-3H3,(H,26,32)(H,30,31). The van der Waals surface area contributed by atoms with Crippen LogP contribution < -0.4 is 5.32 Å². The lowest BCUT2D eigenvalue weighted by Gasteiger charge is -2.32. The maximum atomic E-state index is 12.0. The van der Waals surface area contributed by atoms with Gasteiger partial charge in [-0.3, -0.25) is 9.67 Å². The average Bonchev–Trinajstić information content (AvgIpc) is 3.13. The van der Waals surface area contributed by atoms with Gasteiger partial charge in [0.25, 0.3) is 0 Å². The van der Waals surface area contributed by atoms with E-state index in [1.165, 1.54) is 0 Å². The third kappa shape index (κ3) is 5.52. The van der Waals surface area contributed by atoms with Gasteiger partial charge in [-0.2, -0.15) is 5.10 Å². The second-order valence-corrected chi connectivity index (χ2v) is 9.85. The highest BCUT2D eigenvalue weighted by molar-refractivity contribution is 5.90. The third-order valence-electron chi connectivity index (χ3n) is 6.21. The summed E-state index contributed by atoms with van der Waals surface area (Å²) in [6.45, 7) is 8.78. The van der Waals surface area contributed by atoms with Gasteiger partial charge in [0.05, 0.1) is 5.69 Å². The number of nitrogens with zero attached hydrogens (tertiary/aromatic N) is 4. The summed E-state index contributed by atoms with van der Waals surface area (Å²) in [6.07, 6.45) is 7.24. The normalized spacial score (nSPS) is 16.7. The van der Waals surface area contributed by atoms with Crippen LogP contribution in [-0.2, 0) is 24.1 Å². The van der Waals surface area contributed by atoms with E-state index >= 15 is 0 Å². The zero-order valence-corrected chi connectivity index (χ0v) is 19.6. The molecule has 2 aromatic rings. The molecule has 0 atom stereocenters. The van der Waals surface area contributed by atoms with Gasteiger partial charge < -0.3 is 20.1 Å². The van der Waals surface area contributed by atoms with Gasteiger partial charge in [-0.05, 0) is 71.0 Å². The highest BCUT2D eigenvalue weighted by Crippen LogP contribution is 2.34. The van der Waals surface area contributed by atoms with Crippen LogP contribution in [0.2, 0.25) is 0 Å². The predicted octanol–water partition coefficient (Wildman–Crippen LogP) is 3.12. The quantitative estimate of drug-likeness (QED) is 0.689. The van der Waals surface area contributed by atoms with Crippen molar-refractivity contribution in [1.29, 1.82) is 0 Å². The van der Waals surface area contributed by atoms with Crippen molar-refractivity contribution in [2.45, 2.75) is 71.1 Å². The van der Waals surface area contributed by atoms with Gasteiger partial charge in [-0.1, -0.05) is 0 Å². The number of aromatic nitrogens is 3. The van der Waals surface area contributed by atoms with Crippen LogP contribution in [0.3, 0.4) is 0 Å². The molecule has 0 unspecified atom stereocenters. The van der Waals surface area contributed by atoms with E-state index in [2.05, 4.69) is 15.2 Å². The lowest BCUT2D eigenvalue weighted by Crippen LogP contribution is -2.46. The van der Waals surface area contributed by atoms with Crippen molar-refractivity contribution in [3.8, 4) is 11.3 Å². The molecule has 9 nitrogen and oxygen atoms in total. The maximum absolute atomic E-state index is 12.0. The number of rotatable bonds is 6. The molecule has 1 amide bonds. The topological polar surface area (TPSA) is 110 Å². The number of amides is 1. The van der Waals surface area contributed by atoms with Crippen LogP contribution in [0, 0.1) is 0 Å². The monoisotopic (exact) mass is 455 g/mol. The number of pyridine rings is 1. The lowest BCUT2D eigenvalue weighted by molar-refractivity contribution is 0.0477. The molecule has 0 saturated carbocycles. The van der Waals surface area contributed by atoms with Crippen molar-refractivity contribution in [3.63, 3.8) is 0 Å². The molecular weight excluding hydrogens is 422 g/mol. The van der Waals surface area contributed by atoms with Gasteiger partial charge in [0.2, 0.25) is 0 Å². The number of hydrogen-bond donors (Lipinski definition) is 2. The Kier molecular flexibility index (Phi) is 6.69. The summed E-state index contributed by atoms with van der Waals surface area (Å²) >= 11 is 0. The fourth-order valence-corrected chi connectivity index (χ4v) is 4.69. The van der Waals surface area contributed by atoms with Crippen molar-refractivity contribution < 1.29 is 19.4 Å². The van der Waals surface area contributed by atoms with Crippen LogP contribution in [0.1, 0.15) is 61.6 Å². The Labute approximate surface area is 194 Å². The van der Waals surface area contributed by atoms with Crippen molar-refractivity contribution >= 4 is 12.1 Å². The van der Waals surface area contributed by atoms with E-state index in [1.807, 2.05) is 33.0 Å². The van der Waals surface area contributed by atoms with Gasteiger partial charge in [0.1, 0.15) is 11.3 Å². The van der Waals surface area contributed by atoms with E-state index < -0.39 is 11.6 Å². The second kappa shape index (κ2) is 9.51. The molecule has 0 aromatic carbocycles. The van der Waals surface area contributed by atoms with E-state index in [0.29, 0.717) is 18.7 Å². The van der Waals surface area contributed by atoms with Crippen LogP contribution in [0.5, 0.6) is 0 Å². The highest BCUT2D eigenvalue weighted by atomic mass is 16.6. The SMILES string of the molecule is CC(C)(C)OC(=O)NC1CCN(CCCn2nc3c(c2C(=O)O)CCc2cnccc2-3)CC1. The number of piperidine rings is 1.